The molecule has 1 aliphatic carbocycles. The van der Waals surface area contributed by atoms with E-state index in [4.69, 9.17) is 9.47 Å². The summed E-state index contributed by atoms with van der Waals surface area (Å²) in [6, 6.07) is 22.5. The number of ether oxygens (including phenoxy) is 2. The second-order valence-electron chi connectivity index (χ2n) is 15.3. The largest absolute Gasteiger partial charge is 0.417 e. The molecule has 2 aromatic carbocycles. The fourth-order valence-electron chi connectivity index (χ4n) is 8.52. The van der Waals surface area contributed by atoms with E-state index >= 15 is 0 Å². The van der Waals surface area contributed by atoms with E-state index in [2.05, 4.69) is 101 Å². The molecule has 1 aromatic heterocycles. The lowest BCUT2D eigenvalue weighted by atomic mass is 9.74. The van der Waals surface area contributed by atoms with Crippen molar-refractivity contribution < 1.29 is 27.4 Å². The molecule has 0 saturated carbocycles. The molecule has 1 saturated heterocycles. The molecule has 280 valence electrons. The Morgan fingerprint density at radius 2 is 1.73 bits per heavy atom. The van der Waals surface area contributed by atoms with Crippen LogP contribution in [0.1, 0.15) is 61.1 Å². The molecule has 0 N–H and O–H groups in total. The van der Waals surface area contributed by atoms with E-state index in [1.807, 2.05) is 0 Å². The highest BCUT2D eigenvalue weighted by molar-refractivity contribution is 6.17. The highest BCUT2D eigenvalue weighted by Crippen LogP contribution is 2.48. The highest BCUT2D eigenvalue weighted by atomic mass is 28.1. The van der Waals surface area contributed by atoms with Gasteiger partial charge in [-0.25, -0.2) is 0 Å². The lowest BCUT2D eigenvalue weighted by Gasteiger charge is -2.49. The Kier molecular flexibility index (Phi) is 12.1. The van der Waals surface area contributed by atoms with Gasteiger partial charge in [-0.15, -0.1) is 0 Å². The maximum Gasteiger partial charge on any atom is 0.417 e. The number of hydrogen-bond acceptors (Lipinski definition) is 6. The zero-order chi connectivity index (χ0) is 36.9. The van der Waals surface area contributed by atoms with Gasteiger partial charge >= 0.3 is 6.18 Å². The maximum absolute atomic E-state index is 14.7. The van der Waals surface area contributed by atoms with Crippen LogP contribution in [-0.4, -0.2) is 93.1 Å². The molecular formula is C41H53F3N4O3Si. The number of hydrogen-bond donors (Lipinski definition) is 0. The van der Waals surface area contributed by atoms with Crippen LogP contribution in [0.25, 0.3) is 0 Å². The van der Waals surface area contributed by atoms with Crippen molar-refractivity contribution in [3.8, 4) is 0 Å². The van der Waals surface area contributed by atoms with Crippen LogP contribution in [0.4, 0.5) is 13.2 Å². The van der Waals surface area contributed by atoms with Gasteiger partial charge in [-0.3, -0.25) is 19.6 Å². The number of carbonyl (C=O) groups is 1. The molecule has 0 spiro atoms. The summed E-state index contributed by atoms with van der Waals surface area (Å²) in [5.74, 6) is -0.0123. The fraction of sp³-hybridized carbons (Fsp3) is 0.512. The number of benzene rings is 2. The van der Waals surface area contributed by atoms with Crippen molar-refractivity contribution in [2.45, 2.75) is 82.6 Å². The Labute approximate surface area is 309 Å². The Balaban J connectivity index is 1.23. The van der Waals surface area contributed by atoms with Gasteiger partial charge in [-0.05, 0) is 47.9 Å². The fourth-order valence-corrected chi connectivity index (χ4v) is 9.83. The first-order valence-electron chi connectivity index (χ1n) is 18.6. The summed E-state index contributed by atoms with van der Waals surface area (Å²) < 4.78 is 52.6. The maximum atomic E-state index is 14.7. The third kappa shape index (κ3) is 8.55. The van der Waals surface area contributed by atoms with Crippen LogP contribution in [0, 0.1) is 11.3 Å². The Hall–Kier alpha value is -3.35. The molecule has 4 atom stereocenters. The summed E-state index contributed by atoms with van der Waals surface area (Å²) in [4.78, 5) is 25.7. The average Bonchev–Trinajstić information content (AvgIpc) is 3.52. The number of fused-ring (bicyclic) bond motifs is 1. The number of carbonyl (C=O) groups excluding carboxylic acids is 1. The standard InChI is InChI=1S/C41H53F3N4O3Si/c1-30(2)39(38(49)47-21-15-35-33(27-47)23-34(24-45-35)41(42,43)44)17-18-40(52,29-39)48(36-16-22-51-28-37(36)50-3)20-10-19-46(25-31-11-6-4-7-12-31)26-32-13-8-5-9-14-32/h4-9,11-14,17-18,23-24,30,36-37H,10,15-16,19-22,25-29H2,1-3,52H3/t36-,37+,39-,40+/m0/s1. The van der Waals surface area contributed by atoms with Gasteiger partial charge in [0.05, 0.1) is 23.7 Å². The SMILES string of the molecule is CO[C@@H]1COCC[C@@H]1N(CCCN(Cc1ccccc1)Cc1ccccc1)[C@@]1([SiH3])C=C[C@@](C(=O)N2CCc3ncc(C(F)(F)F)cc3C2)(C(C)C)C1. The minimum atomic E-state index is -4.48. The van der Waals surface area contributed by atoms with Crippen molar-refractivity contribution in [1.29, 1.82) is 0 Å². The van der Waals surface area contributed by atoms with Gasteiger partial charge in [0.25, 0.3) is 0 Å². The molecule has 6 rings (SSSR count). The topological polar surface area (TPSA) is 58.1 Å². The van der Waals surface area contributed by atoms with Gasteiger partial charge in [0, 0.05) is 92.7 Å². The zero-order valence-corrected chi connectivity index (χ0v) is 32.9. The Morgan fingerprint density at radius 1 is 1.06 bits per heavy atom. The molecule has 11 heteroatoms. The molecule has 2 aliphatic heterocycles. The molecule has 1 amide bonds. The molecular weight excluding hydrogens is 682 g/mol. The van der Waals surface area contributed by atoms with Crippen LogP contribution in [-0.2, 0) is 46.5 Å². The van der Waals surface area contributed by atoms with E-state index in [1.165, 1.54) is 17.2 Å². The third-order valence-electron chi connectivity index (χ3n) is 11.5. The summed E-state index contributed by atoms with van der Waals surface area (Å²) in [6.45, 7) is 9.39. The molecule has 0 radical (unpaired) electrons. The third-order valence-corrected chi connectivity index (χ3v) is 12.7. The van der Waals surface area contributed by atoms with Crippen LogP contribution in [0.15, 0.2) is 85.1 Å². The van der Waals surface area contributed by atoms with E-state index < -0.39 is 17.2 Å². The summed E-state index contributed by atoms with van der Waals surface area (Å²) in [6.07, 6.45) is 3.61. The predicted molar refractivity (Wildman–Crippen MR) is 200 cm³/mol. The Morgan fingerprint density at radius 3 is 2.35 bits per heavy atom. The van der Waals surface area contributed by atoms with Gasteiger partial charge in [-0.2, -0.15) is 13.2 Å². The number of alkyl halides is 3. The quantitative estimate of drug-likeness (QED) is 0.163. The van der Waals surface area contributed by atoms with E-state index in [-0.39, 0.29) is 35.7 Å². The van der Waals surface area contributed by atoms with E-state index in [0.717, 1.165) is 55.5 Å². The minimum Gasteiger partial charge on any atom is -0.379 e. The number of nitrogens with zero attached hydrogens (tertiary/aromatic N) is 4. The van der Waals surface area contributed by atoms with Gasteiger partial charge in [-0.1, -0.05) is 86.7 Å². The lowest BCUT2D eigenvalue weighted by Crippen LogP contribution is -2.61. The van der Waals surface area contributed by atoms with Crippen LogP contribution < -0.4 is 0 Å². The first-order chi connectivity index (χ1) is 24.9. The molecule has 3 aromatic rings. The van der Waals surface area contributed by atoms with Crippen LogP contribution in [0.2, 0.25) is 0 Å². The lowest BCUT2D eigenvalue weighted by molar-refractivity contribution is -0.144. The van der Waals surface area contributed by atoms with E-state index in [1.54, 1.807) is 12.0 Å². The average molecular weight is 735 g/mol. The molecule has 7 nitrogen and oxygen atoms in total. The van der Waals surface area contributed by atoms with Crippen LogP contribution in [0.3, 0.4) is 0 Å². The molecule has 1 fully saturated rings. The smallest absolute Gasteiger partial charge is 0.379 e. The number of rotatable bonds is 13. The highest BCUT2D eigenvalue weighted by Gasteiger charge is 2.53. The van der Waals surface area contributed by atoms with Crippen molar-refractivity contribution in [2.75, 3.05) is 40.0 Å². The first kappa shape index (κ1) is 38.4. The van der Waals surface area contributed by atoms with Crippen LogP contribution in [0.5, 0.6) is 0 Å². The van der Waals surface area contributed by atoms with Crippen molar-refractivity contribution >= 4 is 16.1 Å². The predicted octanol–water partition coefficient (Wildman–Crippen LogP) is 5.85. The van der Waals surface area contributed by atoms with Gasteiger partial charge in [0.2, 0.25) is 5.91 Å². The summed E-state index contributed by atoms with van der Waals surface area (Å²) in [5, 5.41) is -0.318. The molecule has 3 aliphatic rings. The summed E-state index contributed by atoms with van der Waals surface area (Å²) in [5.41, 5.74) is 2.14. The number of pyridine rings is 1. The van der Waals surface area contributed by atoms with E-state index in [0.29, 0.717) is 43.9 Å². The molecule has 0 unspecified atom stereocenters. The zero-order valence-electron chi connectivity index (χ0n) is 30.9. The van der Waals surface area contributed by atoms with Crippen molar-refractivity contribution in [3.05, 3.63) is 113 Å². The second-order valence-corrected chi connectivity index (χ2v) is 17.0. The molecule has 3 heterocycles. The number of methoxy groups -OCH3 is 1. The molecule has 52 heavy (non-hydrogen) atoms. The van der Waals surface area contributed by atoms with Crippen molar-refractivity contribution in [3.63, 3.8) is 0 Å². The monoisotopic (exact) mass is 734 g/mol. The van der Waals surface area contributed by atoms with E-state index in [9.17, 15) is 18.0 Å². The van der Waals surface area contributed by atoms with Gasteiger partial charge in [0.1, 0.15) is 0 Å². The number of halogens is 3. The minimum absolute atomic E-state index is 0.00453. The second kappa shape index (κ2) is 16.3. The number of aromatic nitrogens is 1. The Bertz CT molecular complexity index is 1640. The number of amides is 1. The van der Waals surface area contributed by atoms with Crippen molar-refractivity contribution in [1.82, 2.24) is 19.7 Å². The first-order valence-corrected chi connectivity index (χ1v) is 19.6. The van der Waals surface area contributed by atoms with Crippen molar-refractivity contribution in [2.24, 2.45) is 11.3 Å². The van der Waals surface area contributed by atoms with Gasteiger partial charge < -0.3 is 14.4 Å². The summed E-state index contributed by atoms with van der Waals surface area (Å²) >= 11 is 0. The normalized spacial score (nSPS) is 25.0. The van der Waals surface area contributed by atoms with Gasteiger partial charge in [0.15, 0.2) is 0 Å². The summed E-state index contributed by atoms with van der Waals surface area (Å²) in [7, 11) is 2.54. The molecule has 0 bridgehead atoms. The van der Waals surface area contributed by atoms with Crippen LogP contribution >= 0.6 is 0 Å².